The van der Waals surface area contributed by atoms with E-state index in [1.807, 2.05) is 24.3 Å². The number of benzene rings is 2. The molecular formula is C29H34N4O5. The maximum absolute atomic E-state index is 13.3. The van der Waals surface area contributed by atoms with Crippen molar-refractivity contribution in [1.82, 2.24) is 15.7 Å². The van der Waals surface area contributed by atoms with Gasteiger partial charge in [0.05, 0.1) is 0 Å². The van der Waals surface area contributed by atoms with Crippen LogP contribution in [-0.4, -0.2) is 55.2 Å². The number of hydrogen-bond acceptors (Lipinski definition) is 6. The second-order valence-corrected chi connectivity index (χ2v) is 9.92. The molecular weight excluding hydrogens is 484 g/mol. The zero-order valence-corrected chi connectivity index (χ0v) is 22.0. The first-order valence-corrected chi connectivity index (χ1v) is 12.8. The van der Waals surface area contributed by atoms with E-state index in [1.54, 1.807) is 24.3 Å². The van der Waals surface area contributed by atoms with Gasteiger partial charge in [-0.3, -0.25) is 14.4 Å². The first-order chi connectivity index (χ1) is 18.2. The maximum atomic E-state index is 13.3. The van der Waals surface area contributed by atoms with Crippen molar-refractivity contribution in [3.63, 3.8) is 0 Å². The minimum atomic E-state index is -1.87. The highest BCUT2D eigenvalue weighted by molar-refractivity contribution is 6.12. The summed E-state index contributed by atoms with van der Waals surface area (Å²) >= 11 is 0. The first-order valence-electron chi connectivity index (χ1n) is 12.8. The number of hydrogen-bond donors (Lipinski definition) is 3. The van der Waals surface area contributed by atoms with Crippen LogP contribution in [-0.2, 0) is 24.7 Å². The van der Waals surface area contributed by atoms with E-state index in [4.69, 9.17) is 15.3 Å². The van der Waals surface area contributed by atoms with Gasteiger partial charge in [-0.2, -0.15) is 0 Å². The number of rotatable bonds is 7. The van der Waals surface area contributed by atoms with Gasteiger partial charge in [0.2, 0.25) is 0 Å². The summed E-state index contributed by atoms with van der Waals surface area (Å²) < 4.78 is 5.45. The van der Waals surface area contributed by atoms with Gasteiger partial charge in [0.15, 0.2) is 11.8 Å². The van der Waals surface area contributed by atoms with Crippen molar-refractivity contribution in [2.24, 2.45) is 5.73 Å². The largest absolute Gasteiger partial charge is 0.357 e. The molecule has 4 N–H and O–H groups in total. The third-order valence-corrected chi connectivity index (χ3v) is 7.24. The van der Waals surface area contributed by atoms with E-state index < -0.39 is 29.6 Å². The molecule has 2 fully saturated rings. The number of nitrogens with two attached hydrogens (primary N) is 1. The third kappa shape index (κ3) is 5.89. The van der Waals surface area contributed by atoms with Gasteiger partial charge in [0, 0.05) is 49.4 Å². The molecule has 1 heterocycles. The molecule has 2 atom stereocenters. The Kier molecular flexibility index (Phi) is 8.17. The Hall–Kier alpha value is -3.71. The molecule has 2 aromatic carbocycles. The van der Waals surface area contributed by atoms with Gasteiger partial charge in [0.25, 0.3) is 17.7 Å². The number of ether oxygens (including phenoxy) is 1. The van der Waals surface area contributed by atoms with Gasteiger partial charge in [-0.15, -0.1) is 0 Å². The van der Waals surface area contributed by atoms with Crippen LogP contribution in [0.1, 0.15) is 66.1 Å². The van der Waals surface area contributed by atoms with E-state index in [2.05, 4.69) is 22.6 Å². The Balaban J connectivity index is 1.43. The highest BCUT2D eigenvalue weighted by atomic mass is 16.8. The molecule has 1 saturated carbocycles. The molecule has 3 amide bonds. The predicted octanol–water partition coefficient (Wildman–Crippen LogP) is 2.19. The average Bonchev–Trinajstić information content (AvgIpc) is 3.72. The van der Waals surface area contributed by atoms with Crippen LogP contribution in [0.3, 0.4) is 0 Å². The van der Waals surface area contributed by atoms with Crippen molar-refractivity contribution in [3.05, 3.63) is 70.8 Å². The van der Waals surface area contributed by atoms with Gasteiger partial charge in [-0.25, -0.2) is 10.3 Å². The molecule has 2 unspecified atom stereocenters. The zero-order chi connectivity index (χ0) is 27.3. The molecule has 0 aromatic heterocycles. The Labute approximate surface area is 223 Å². The van der Waals surface area contributed by atoms with Crippen LogP contribution in [0.5, 0.6) is 0 Å². The molecule has 2 aliphatic rings. The molecule has 38 heavy (non-hydrogen) atoms. The number of carbonyl (C=O) groups excluding carboxylic acids is 3. The van der Waals surface area contributed by atoms with E-state index in [-0.39, 0.29) is 5.54 Å². The van der Waals surface area contributed by atoms with E-state index >= 15 is 0 Å². The molecule has 2 aromatic rings. The lowest BCUT2D eigenvalue weighted by atomic mass is 9.96. The summed E-state index contributed by atoms with van der Waals surface area (Å²) in [7, 11) is 2.80. The standard InChI is InChI=1S/C29H34N4O5/c1-28(26(35)31-2,27(36)32-38-24-6-4-5-19-37-24)33(3)25(34)22-13-9-20(10-14-22)7-8-21-11-15-23(16-12-21)29(30)17-18-29/h9-16,24H,4-6,17-19,30H2,1-3H3,(H,31,35)(H,32,36). The molecule has 200 valence electrons. The van der Waals surface area contributed by atoms with Crippen molar-refractivity contribution in [2.75, 3.05) is 20.7 Å². The smallest absolute Gasteiger partial charge is 0.279 e. The minimum absolute atomic E-state index is 0.174. The van der Waals surface area contributed by atoms with Gasteiger partial charge in [-0.1, -0.05) is 24.0 Å². The molecule has 1 saturated heterocycles. The summed E-state index contributed by atoms with van der Waals surface area (Å²) in [6.07, 6.45) is 3.88. The van der Waals surface area contributed by atoms with Crippen LogP contribution in [0.4, 0.5) is 0 Å². The molecule has 9 nitrogen and oxygen atoms in total. The zero-order valence-electron chi connectivity index (χ0n) is 22.0. The first kappa shape index (κ1) is 27.3. The van der Waals surface area contributed by atoms with Crippen molar-refractivity contribution in [1.29, 1.82) is 0 Å². The van der Waals surface area contributed by atoms with Gasteiger partial charge in [-0.05, 0) is 74.6 Å². The normalized spacial score (nSPS) is 19.2. The van der Waals surface area contributed by atoms with Gasteiger partial charge in [0.1, 0.15) is 0 Å². The van der Waals surface area contributed by atoms with E-state index in [1.165, 1.54) is 21.0 Å². The van der Waals surface area contributed by atoms with E-state index in [9.17, 15) is 14.4 Å². The average molecular weight is 519 g/mol. The summed E-state index contributed by atoms with van der Waals surface area (Å²) in [6, 6.07) is 14.6. The summed E-state index contributed by atoms with van der Waals surface area (Å²) in [5, 5.41) is 2.46. The fourth-order valence-electron chi connectivity index (χ4n) is 4.22. The second kappa shape index (κ2) is 11.4. The van der Waals surface area contributed by atoms with Gasteiger partial charge >= 0.3 is 0 Å². The Morgan fingerprint density at radius 3 is 2.16 bits per heavy atom. The van der Waals surface area contributed by atoms with Crippen molar-refractivity contribution in [3.8, 4) is 11.8 Å². The molecule has 1 aliphatic heterocycles. The fourth-order valence-corrected chi connectivity index (χ4v) is 4.22. The molecule has 4 rings (SSSR count). The van der Waals surface area contributed by atoms with Crippen LogP contribution < -0.4 is 16.5 Å². The lowest BCUT2D eigenvalue weighted by molar-refractivity contribution is -0.204. The lowest BCUT2D eigenvalue weighted by Crippen LogP contribution is -2.65. The van der Waals surface area contributed by atoms with Crippen LogP contribution in [0.25, 0.3) is 0 Å². The number of nitrogens with zero attached hydrogens (tertiary/aromatic N) is 1. The third-order valence-electron chi connectivity index (χ3n) is 7.24. The summed E-state index contributed by atoms with van der Waals surface area (Å²) in [6.45, 7) is 1.90. The van der Waals surface area contributed by atoms with Crippen LogP contribution in [0, 0.1) is 11.8 Å². The number of likely N-dealkylation sites (N-methyl/N-ethyl adjacent to an activating group) is 2. The fraction of sp³-hybridized carbons (Fsp3) is 0.414. The van der Waals surface area contributed by atoms with E-state index in [0.29, 0.717) is 18.6 Å². The predicted molar refractivity (Wildman–Crippen MR) is 141 cm³/mol. The SMILES string of the molecule is CNC(=O)C(C)(C(=O)NOC1CCCCO1)N(C)C(=O)c1ccc(C#Cc2ccc(C3(N)CC3)cc2)cc1. The number of hydroxylamine groups is 1. The lowest BCUT2D eigenvalue weighted by Gasteiger charge is -2.36. The summed E-state index contributed by atoms with van der Waals surface area (Å²) in [5.74, 6) is 4.26. The van der Waals surface area contributed by atoms with Crippen LogP contribution in [0.2, 0.25) is 0 Å². The Morgan fingerprint density at radius 1 is 1.03 bits per heavy atom. The number of carbonyl (C=O) groups is 3. The van der Waals surface area contributed by atoms with Crippen molar-refractivity contribution < 1.29 is 24.0 Å². The monoisotopic (exact) mass is 518 g/mol. The highest BCUT2D eigenvalue weighted by Crippen LogP contribution is 2.42. The van der Waals surface area contributed by atoms with Crippen molar-refractivity contribution >= 4 is 17.7 Å². The number of amides is 3. The van der Waals surface area contributed by atoms with Crippen molar-refractivity contribution in [2.45, 2.75) is 56.4 Å². The molecule has 0 spiro atoms. The summed E-state index contributed by atoms with van der Waals surface area (Å²) in [5.41, 5.74) is 9.52. The molecule has 9 heteroatoms. The van der Waals surface area contributed by atoms with Gasteiger partial charge < -0.3 is 20.7 Å². The molecule has 1 aliphatic carbocycles. The molecule has 0 bridgehead atoms. The number of nitrogens with one attached hydrogen (secondary N) is 2. The topological polar surface area (TPSA) is 123 Å². The Morgan fingerprint density at radius 2 is 1.63 bits per heavy atom. The maximum Gasteiger partial charge on any atom is 0.279 e. The summed E-state index contributed by atoms with van der Waals surface area (Å²) in [4.78, 5) is 45.6. The highest BCUT2D eigenvalue weighted by Gasteiger charge is 2.47. The van der Waals surface area contributed by atoms with Crippen LogP contribution in [0.15, 0.2) is 48.5 Å². The van der Waals surface area contributed by atoms with E-state index in [0.717, 1.165) is 47.3 Å². The second-order valence-electron chi connectivity index (χ2n) is 9.92. The van der Waals surface area contributed by atoms with Crippen LogP contribution >= 0.6 is 0 Å². The molecule has 0 radical (unpaired) electrons. The minimum Gasteiger partial charge on any atom is -0.357 e. The quantitative estimate of drug-likeness (QED) is 0.293. The Bertz CT molecular complexity index is 1240.